The molecule has 2 aromatic rings. The SMILES string of the molecule is CNC(C)Cc1onc2c(OC)cccc12. The van der Waals surface area contributed by atoms with Gasteiger partial charge in [0.25, 0.3) is 0 Å². The van der Waals surface area contributed by atoms with Crippen LogP contribution in [0.3, 0.4) is 0 Å². The van der Waals surface area contributed by atoms with E-state index in [-0.39, 0.29) is 0 Å². The highest BCUT2D eigenvalue weighted by Crippen LogP contribution is 2.27. The predicted molar refractivity (Wildman–Crippen MR) is 62.8 cm³/mol. The van der Waals surface area contributed by atoms with E-state index in [0.29, 0.717) is 6.04 Å². The lowest BCUT2D eigenvalue weighted by molar-refractivity contribution is 0.372. The van der Waals surface area contributed by atoms with Gasteiger partial charge in [-0.25, -0.2) is 0 Å². The number of nitrogens with one attached hydrogen (secondary N) is 1. The molecule has 0 aliphatic rings. The van der Waals surface area contributed by atoms with Crippen LogP contribution in [0.1, 0.15) is 12.7 Å². The quantitative estimate of drug-likeness (QED) is 0.856. The van der Waals surface area contributed by atoms with Crippen molar-refractivity contribution in [2.75, 3.05) is 14.2 Å². The summed E-state index contributed by atoms with van der Waals surface area (Å²) in [6.07, 6.45) is 0.820. The summed E-state index contributed by atoms with van der Waals surface area (Å²) in [7, 11) is 3.57. The van der Waals surface area contributed by atoms with Gasteiger partial charge in [0.05, 0.1) is 7.11 Å². The first-order valence-corrected chi connectivity index (χ1v) is 5.34. The van der Waals surface area contributed by atoms with Crippen molar-refractivity contribution in [1.29, 1.82) is 0 Å². The van der Waals surface area contributed by atoms with E-state index >= 15 is 0 Å². The zero-order valence-electron chi connectivity index (χ0n) is 9.78. The minimum absolute atomic E-state index is 0.363. The molecule has 0 spiro atoms. The number of rotatable bonds is 4. The van der Waals surface area contributed by atoms with Crippen LogP contribution >= 0.6 is 0 Å². The van der Waals surface area contributed by atoms with Crippen molar-refractivity contribution in [2.45, 2.75) is 19.4 Å². The fourth-order valence-corrected chi connectivity index (χ4v) is 1.68. The van der Waals surface area contributed by atoms with Crippen molar-refractivity contribution < 1.29 is 9.26 Å². The number of nitrogens with zero attached hydrogens (tertiary/aromatic N) is 1. The molecule has 0 aliphatic carbocycles. The number of benzene rings is 1. The van der Waals surface area contributed by atoms with Crippen molar-refractivity contribution in [2.24, 2.45) is 0 Å². The van der Waals surface area contributed by atoms with Crippen molar-refractivity contribution in [3.05, 3.63) is 24.0 Å². The molecule has 16 heavy (non-hydrogen) atoms. The molecule has 0 saturated heterocycles. The molecule has 86 valence electrons. The smallest absolute Gasteiger partial charge is 0.156 e. The summed E-state index contributed by atoms with van der Waals surface area (Å²) in [6, 6.07) is 6.20. The molecule has 4 nitrogen and oxygen atoms in total. The van der Waals surface area contributed by atoms with Crippen molar-refractivity contribution in [1.82, 2.24) is 10.5 Å². The summed E-state index contributed by atoms with van der Waals surface area (Å²) in [6.45, 7) is 2.11. The molecule has 1 heterocycles. The second-order valence-corrected chi connectivity index (χ2v) is 3.86. The van der Waals surface area contributed by atoms with Crippen LogP contribution in [0, 0.1) is 0 Å². The molecule has 2 rings (SSSR count). The zero-order chi connectivity index (χ0) is 11.5. The molecule has 4 heteroatoms. The van der Waals surface area contributed by atoms with E-state index in [4.69, 9.17) is 9.26 Å². The van der Waals surface area contributed by atoms with Crippen molar-refractivity contribution >= 4 is 10.9 Å². The lowest BCUT2D eigenvalue weighted by atomic mass is 10.1. The van der Waals surface area contributed by atoms with Gasteiger partial charge < -0.3 is 14.6 Å². The summed E-state index contributed by atoms with van der Waals surface area (Å²) in [5, 5.41) is 8.26. The third kappa shape index (κ3) is 1.88. The number of fused-ring (bicyclic) bond motifs is 1. The Morgan fingerprint density at radius 1 is 1.50 bits per heavy atom. The average molecular weight is 220 g/mol. The highest BCUT2D eigenvalue weighted by Gasteiger charge is 2.13. The summed E-state index contributed by atoms with van der Waals surface area (Å²) in [4.78, 5) is 0. The number of likely N-dealkylation sites (N-methyl/N-ethyl adjacent to an activating group) is 1. The van der Waals surface area contributed by atoms with Gasteiger partial charge in [0.2, 0.25) is 0 Å². The van der Waals surface area contributed by atoms with E-state index in [0.717, 1.165) is 28.8 Å². The van der Waals surface area contributed by atoms with Crippen LogP contribution in [-0.4, -0.2) is 25.4 Å². The molecule has 0 fully saturated rings. The molecule has 0 amide bonds. The maximum absolute atomic E-state index is 5.36. The highest BCUT2D eigenvalue weighted by molar-refractivity contribution is 5.86. The number of methoxy groups -OCH3 is 1. The second-order valence-electron chi connectivity index (χ2n) is 3.86. The Labute approximate surface area is 94.6 Å². The van der Waals surface area contributed by atoms with Gasteiger partial charge >= 0.3 is 0 Å². The van der Waals surface area contributed by atoms with Crippen LogP contribution < -0.4 is 10.1 Å². The van der Waals surface area contributed by atoms with Gasteiger partial charge in [0.1, 0.15) is 11.5 Å². The first-order valence-electron chi connectivity index (χ1n) is 5.34. The number of hydrogen-bond acceptors (Lipinski definition) is 4. The molecule has 1 aromatic heterocycles. The number of aromatic nitrogens is 1. The standard InChI is InChI=1S/C12H16N2O2/c1-8(13-2)7-11-9-5-4-6-10(15-3)12(9)14-16-11/h4-6,8,13H,7H2,1-3H3. The molecule has 0 aliphatic heterocycles. The molecule has 0 saturated carbocycles. The van der Waals surface area contributed by atoms with Gasteiger partial charge in [-0.3, -0.25) is 0 Å². The summed E-state index contributed by atoms with van der Waals surface area (Å²) in [5.41, 5.74) is 0.795. The minimum Gasteiger partial charge on any atom is -0.494 e. The Bertz CT molecular complexity index is 479. The number of hydrogen-bond donors (Lipinski definition) is 1. The summed E-state index contributed by atoms with van der Waals surface area (Å²) >= 11 is 0. The molecule has 1 aromatic carbocycles. The zero-order valence-corrected chi connectivity index (χ0v) is 9.78. The summed E-state index contributed by atoms with van der Waals surface area (Å²) < 4.78 is 10.6. The van der Waals surface area contributed by atoms with E-state index in [1.54, 1.807) is 7.11 Å². The molecule has 0 bridgehead atoms. The van der Waals surface area contributed by atoms with Crippen LogP contribution in [0.5, 0.6) is 5.75 Å². The van der Waals surface area contributed by atoms with Crippen LogP contribution in [-0.2, 0) is 6.42 Å². The molecule has 1 N–H and O–H groups in total. The Morgan fingerprint density at radius 3 is 3.00 bits per heavy atom. The van der Waals surface area contributed by atoms with E-state index in [1.807, 2.05) is 25.2 Å². The Morgan fingerprint density at radius 2 is 2.31 bits per heavy atom. The second kappa shape index (κ2) is 4.53. The number of ether oxygens (including phenoxy) is 1. The third-order valence-electron chi connectivity index (χ3n) is 2.75. The monoisotopic (exact) mass is 220 g/mol. The fourth-order valence-electron chi connectivity index (χ4n) is 1.68. The maximum Gasteiger partial charge on any atom is 0.156 e. The van der Waals surface area contributed by atoms with E-state index in [2.05, 4.69) is 17.4 Å². The van der Waals surface area contributed by atoms with E-state index in [1.165, 1.54) is 0 Å². The Balaban J connectivity index is 2.41. The van der Waals surface area contributed by atoms with Gasteiger partial charge in [0, 0.05) is 17.8 Å². The first kappa shape index (κ1) is 11.0. The lowest BCUT2D eigenvalue weighted by Gasteiger charge is -2.06. The topological polar surface area (TPSA) is 47.3 Å². The van der Waals surface area contributed by atoms with Crippen molar-refractivity contribution in [3.63, 3.8) is 0 Å². The van der Waals surface area contributed by atoms with Gasteiger partial charge in [-0.15, -0.1) is 0 Å². The predicted octanol–water partition coefficient (Wildman–Crippen LogP) is 1.99. The van der Waals surface area contributed by atoms with Gasteiger partial charge in [-0.05, 0) is 26.1 Å². The van der Waals surface area contributed by atoms with E-state index < -0.39 is 0 Å². The van der Waals surface area contributed by atoms with Crippen LogP contribution in [0.25, 0.3) is 10.9 Å². The first-order chi connectivity index (χ1) is 7.76. The van der Waals surface area contributed by atoms with Crippen LogP contribution in [0.15, 0.2) is 22.7 Å². The van der Waals surface area contributed by atoms with Crippen LogP contribution in [0.4, 0.5) is 0 Å². The van der Waals surface area contributed by atoms with E-state index in [9.17, 15) is 0 Å². The molecule has 1 unspecified atom stereocenters. The van der Waals surface area contributed by atoms with Crippen LogP contribution in [0.2, 0.25) is 0 Å². The molecule has 1 atom stereocenters. The fraction of sp³-hybridized carbons (Fsp3) is 0.417. The third-order valence-corrected chi connectivity index (χ3v) is 2.75. The molecular weight excluding hydrogens is 204 g/mol. The van der Waals surface area contributed by atoms with Crippen molar-refractivity contribution in [3.8, 4) is 5.75 Å². The summed E-state index contributed by atoms with van der Waals surface area (Å²) in [5.74, 6) is 1.65. The maximum atomic E-state index is 5.36. The average Bonchev–Trinajstić information content (AvgIpc) is 2.72. The van der Waals surface area contributed by atoms with Gasteiger partial charge in [0.15, 0.2) is 5.52 Å². The minimum atomic E-state index is 0.363. The lowest BCUT2D eigenvalue weighted by Crippen LogP contribution is -2.23. The molecular formula is C12H16N2O2. The highest BCUT2D eigenvalue weighted by atomic mass is 16.5. The normalized spacial score (nSPS) is 12.9. The van der Waals surface area contributed by atoms with Gasteiger partial charge in [-0.1, -0.05) is 11.2 Å². The Kier molecular flexibility index (Phi) is 3.10. The largest absolute Gasteiger partial charge is 0.494 e. The Hall–Kier alpha value is -1.55. The molecule has 0 radical (unpaired) electrons. The van der Waals surface area contributed by atoms with Gasteiger partial charge in [-0.2, -0.15) is 0 Å².